The molecule has 1 aliphatic heterocycles. The summed E-state index contributed by atoms with van der Waals surface area (Å²) in [5.41, 5.74) is 0.973. The Bertz CT molecular complexity index is 945. The predicted molar refractivity (Wildman–Crippen MR) is 112 cm³/mol. The van der Waals surface area contributed by atoms with Crippen LogP contribution in [-0.4, -0.2) is 58.9 Å². The fourth-order valence-corrected chi connectivity index (χ4v) is 5.20. The van der Waals surface area contributed by atoms with Gasteiger partial charge in [0.05, 0.1) is 16.3 Å². The van der Waals surface area contributed by atoms with Gasteiger partial charge in [0.15, 0.2) is 0 Å². The Kier molecular flexibility index (Phi) is 5.12. The van der Waals surface area contributed by atoms with Crippen molar-refractivity contribution in [2.24, 2.45) is 0 Å². The molecule has 0 saturated carbocycles. The van der Waals surface area contributed by atoms with Crippen LogP contribution in [0, 0.1) is 6.92 Å². The van der Waals surface area contributed by atoms with Crippen LogP contribution in [0.3, 0.4) is 0 Å². The zero-order valence-corrected chi connectivity index (χ0v) is 17.4. The summed E-state index contributed by atoms with van der Waals surface area (Å²) in [6, 6.07) is 4.32. The van der Waals surface area contributed by atoms with Gasteiger partial charge in [-0.05, 0) is 37.9 Å². The van der Waals surface area contributed by atoms with Crippen LogP contribution < -0.4 is 5.32 Å². The normalized spacial score (nSPS) is 16.6. The van der Waals surface area contributed by atoms with Crippen LogP contribution in [0.1, 0.15) is 33.1 Å². The third kappa shape index (κ3) is 3.56. The number of nitrogens with zero attached hydrogens (tertiary/aromatic N) is 4. The molecule has 1 saturated heterocycles. The molecule has 1 aliphatic rings. The van der Waals surface area contributed by atoms with Gasteiger partial charge in [-0.15, -0.1) is 22.7 Å². The lowest BCUT2D eigenvalue weighted by atomic mass is 10.1. The quantitative estimate of drug-likeness (QED) is 0.723. The van der Waals surface area contributed by atoms with Gasteiger partial charge in [0.1, 0.15) is 17.0 Å². The number of nitrogens with one attached hydrogen (secondary N) is 1. The van der Waals surface area contributed by atoms with Gasteiger partial charge in [-0.2, -0.15) is 0 Å². The van der Waals surface area contributed by atoms with E-state index in [0.29, 0.717) is 0 Å². The first-order chi connectivity index (χ1) is 13.0. The highest BCUT2D eigenvalue weighted by Gasteiger charge is 2.26. The fraction of sp³-hybridized carbons (Fsp3) is 0.421. The topological polar surface area (TPSA) is 61.4 Å². The van der Waals surface area contributed by atoms with Gasteiger partial charge in [-0.3, -0.25) is 4.79 Å². The SMILES string of the molecule is Cc1c(C(=O)N2CCN(C)CC2)sc2ncnc(N[C@H](C)c3cccs3)c12. The van der Waals surface area contributed by atoms with Gasteiger partial charge in [-0.1, -0.05) is 6.07 Å². The number of hydrogen-bond donors (Lipinski definition) is 1. The van der Waals surface area contributed by atoms with Gasteiger partial charge in [0, 0.05) is 31.1 Å². The molecular weight excluding hydrogens is 378 g/mol. The minimum atomic E-state index is 0.112. The summed E-state index contributed by atoms with van der Waals surface area (Å²) in [5.74, 6) is 0.910. The molecule has 1 atom stereocenters. The van der Waals surface area contributed by atoms with E-state index < -0.39 is 0 Å². The van der Waals surface area contributed by atoms with Crippen molar-refractivity contribution in [3.63, 3.8) is 0 Å². The van der Waals surface area contributed by atoms with Gasteiger partial charge in [-0.25, -0.2) is 9.97 Å². The Labute approximate surface area is 166 Å². The molecule has 0 spiro atoms. The van der Waals surface area contributed by atoms with Crippen LogP contribution in [0.25, 0.3) is 10.2 Å². The number of aryl methyl sites for hydroxylation is 1. The molecule has 0 radical (unpaired) electrons. The fourth-order valence-electron chi connectivity index (χ4n) is 3.35. The van der Waals surface area contributed by atoms with Crippen LogP contribution in [0.15, 0.2) is 23.8 Å². The molecule has 3 aromatic heterocycles. The summed E-state index contributed by atoms with van der Waals surface area (Å²) in [4.78, 5) is 29.1. The van der Waals surface area contributed by atoms with Crippen molar-refractivity contribution < 1.29 is 4.79 Å². The zero-order valence-electron chi connectivity index (χ0n) is 15.7. The van der Waals surface area contributed by atoms with E-state index in [9.17, 15) is 4.79 Å². The molecule has 0 unspecified atom stereocenters. The molecule has 4 heterocycles. The molecule has 0 aromatic carbocycles. The van der Waals surface area contributed by atoms with Crippen molar-refractivity contribution in [2.45, 2.75) is 19.9 Å². The molecule has 1 N–H and O–H groups in total. The van der Waals surface area contributed by atoms with Crippen molar-refractivity contribution in [2.75, 3.05) is 38.5 Å². The first kappa shape index (κ1) is 18.3. The van der Waals surface area contributed by atoms with Crippen molar-refractivity contribution in [1.29, 1.82) is 0 Å². The molecular formula is C19H23N5OS2. The predicted octanol–water partition coefficient (Wildman–Crippen LogP) is 3.62. The van der Waals surface area contributed by atoms with E-state index in [2.05, 4.69) is 51.7 Å². The van der Waals surface area contributed by atoms with E-state index in [1.54, 1.807) is 17.7 Å². The van der Waals surface area contributed by atoms with E-state index in [1.807, 2.05) is 11.8 Å². The average Bonchev–Trinajstić information content (AvgIpc) is 3.31. The van der Waals surface area contributed by atoms with Crippen LogP contribution in [0.2, 0.25) is 0 Å². The minimum Gasteiger partial charge on any atom is -0.362 e. The first-order valence-corrected chi connectivity index (χ1v) is 10.8. The summed E-state index contributed by atoms with van der Waals surface area (Å²) < 4.78 is 0. The summed E-state index contributed by atoms with van der Waals surface area (Å²) in [6.45, 7) is 7.51. The minimum absolute atomic E-state index is 0.112. The van der Waals surface area contributed by atoms with Gasteiger partial charge >= 0.3 is 0 Å². The Hall–Kier alpha value is -2.03. The maximum absolute atomic E-state index is 13.1. The molecule has 1 amide bonds. The second-order valence-corrected chi connectivity index (χ2v) is 8.91. The number of carbonyl (C=O) groups excluding carboxylic acids is 1. The number of fused-ring (bicyclic) bond motifs is 1. The molecule has 4 rings (SSSR count). The number of aromatic nitrogens is 2. The summed E-state index contributed by atoms with van der Waals surface area (Å²) in [6.07, 6.45) is 1.58. The lowest BCUT2D eigenvalue weighted by molar-refractivity contribution is 0.0668. The van der Waals surface area contributed by atoms with Crippen molar-refractivity contribution in [3.05, 3.63) is 39.2 Å². The lowest BCUT2D eigenvalue weighted by Crippen LogP contribution is -2.47. The molecule has 0 aliphatic carbocycles. The Balaban J connectivity index is 1.64. The third-order valence-corrected chi connectivity index (χ3v) is 7.28. The molecule has 0 bridgehead atoms. The van der Waals surface area contributed by atoms with E-state index in [0.717, 1.165) is 52.7 Å². The number of carbonyl (C=O) groups is 1. The van der Waals surface area contributed by atoms with Crippen LogP contribution in [-0.2, 0) is 0 Å². The molecule has 8 heteroatoms. The highest BCUT2D eigenvalue weighted by Crippen LogP contribution is 2.35. The van der Waals surface area contributed by atoms with E-state index in [-0.39, 0.29) is 11.9 Å². The zero-order chi connectivity index (χ0) is 19.0. The number of piperazine rings is 1. The Morgan fingerprint density at radius 2 is 2.04 bits per heavy atom. The van der Waals surface area contributed by atoms with Crippen molar-refractivity contribution >= 4 is 44.6 Å². The average molecular weight is 402 g/mol. The summed E-state index contributed by atoms with van der Waals surface area (Å²) in [5, 5.41) is 6.54. The number of amides is 1. The molecule has 1 fully saturated rings. The standard InChI is InChI=1S/C19H23N5OS2/c1-12-15-17(22-13(2)14-5-4-10-26-14)20-11-21-18(15)27-16(12)19(25)24-8-6-23(3)7-9-24/h4-5,10-11,13H,6-9H2,1-3H3,(H,20,21,22)/t13-/m1/s1. The molecule has 27 heavy (non-hydrogen) atoms. The summed E-state index contributed by atoms with van der Waals surface area (Å²) in [7, 11) is 2.09. The third-order valence-electron chi connectivity index (χ3n) is 5.03. The van der Waals surface area contributed by atoms with Crippen LogP contribution in [0.5, 0.6) is 0 Å². The van der Waals surface area contributed by atoms with Gasteiger partial charge < -0.3 is 15.1 Å². The largest absolute Gasteiger partial charge is 0.362 e. The first-order valence-electron chi connectivity index (χ1n) is 9.06. The number of anilines is 1. The monoisotopic (exact) mass is 401 g/mol. The Morgan fingerprint density at radius 1 is 1.26 bits per heavy atom. The molecule has 3 aromatic rings. The number of hydrogen-bond acceptors (Lipinski definition) is 7. The second-order valence-electron chi connectivity index (χ2n) is 6.94. The van der Waals surface area contributed by atoms with Gasteiger partial charge in [0.25, 0.3) is 5.91 Å². The molecule has 6 nitrogen and oxygen atoms in total. The van der Waals surface area contributed by atoms with E-state index >= 15 is 0 Å². The van der Waals surface area contributed by atoms with Crippen LogP contribution >= 0.6 is 22.7 Å². The highest BCUT2D eigenvalue weighted by atomic mass is 32.1. The highest BCUT2D eigenvalue weighted by molar-refractivity contribution is 7.20. The lowest BCUT2D eigenvalue weighted by Gasteiger charge is -2.32. The number of rotatable bonds is 4. The number of likely N-dealkylation sites (N-methyl/N-ethyl adjacent to an activating group) is 1. The maximum atomic E-state index is 13.1. The van der Waals surface area contributed by atoms with Crippen molar-refractivity contribution in [1.82, 2.24) is 19.8 Å². The van der Waals surface area contributed by atoms with E-state index in [4.69, 9.17) is 0 Å². The smallest absolute Gasteiger partial charge is 0.264 e. The number of thiophene rings is 2. The van der Waals surface area contributed by atoms with Crippen LogP contribution in [0.4, 0.5) is 5.82 Å². The second kappa shape index (κ2) is 7.53. The van der Waals surface area contributed by atoms with Crippen molar-refractivity contribution in [3.8, 4) is 0 Å². The summed E-state index contributed by atoms with van der Waals surface area (Å²) >= 11 is 3.19. The van der Waals surface area contributed by atoms with Gasteiger partial charge in [0.2, 0.25) is 0 Å². The van der Waals surface area contributed by atoms with E-state index in [1.165, 1.54) is 16.2 Å². The maximum Gasteiger partial charge on any atom is 0.264 e. The molecule has 142 valence electrons. The Morgan fingerprint density at radius 3 is 2.74 bits per heavy atom.